The first-order chi connectivity index (χ1) is 10.5. The predicted octanol–water partition coefficient (Wildman–Crippen LogP) is 1.72. The number of hydrogen-bond donors (Lipinski definition) is 4. The number of rotatable bonds is 5. The fourth-order valence-electron chi connectivity index (χ4n) is 2.34. The second-order valence-corrected chi connectivity index (χ2v) is 5.32. The fourth-order valence-corrected chi connectivity index (χ4v) is 2.34. The maximum atomic E-state index is 11.8. The molecule has 0 bridgehead atoms. The maximum absolute atomic E-state index is 11.8. The van der Waals surface area contributed by atoms with Crippen molar-refractivity contribution in [3.05, 3.63) is 29.8 Å². The highest BCUT2D eigenvalue weighted by Gasteiger charge is 2.16. The maximum Gasteiger partial charge on any atom is 0.316 e. The molecule has 1 saturated heterocycles. The third-order valence-electron chi connectivity index (χ3n) is 3.54. The highest BCUT2D eigenvalue weighted by Crippen LogP contribution is 2.16. The van der Waals surface area contributed by atoms with Crippen LogP contribution in [-0.4, -0.2) is 31.3 Å². The van der Waals surface area contributed by atoms with Gasteiger partial charge in [0.1, 0.15) is 0 Å². The van der Waals surface area contributed by atoms with Gasteiger partial charge in [0.05, 0.1) is 12.1 Å². The molecule has 0 aliphatic carbocycles. The van der Waals surface area contributed by atoms with Crippen LogP contribution in [0.2, 0.25) is 0 Å². The lowest BCUT2D eigenvalue weighted by Crippen LogP contribution is -2.40. The normalized spacial score (nSPS) is 18.5. The molecule has 7 heteroatoms. The highest BCUT2D eigenvalue weighted by molar-refractivity contribution is 5.87. The average Bonchev–Trinajstić information content (AvgIpc) is 2.98. The standard InChI is InChI=1S/C15H22N4O3/c1-10(11-4-6-12(7-5-11)19-14(16)20)18-15(21)17-9-13-3-2-8-22-13/h4-7,10,13H,2-3,8-9H2,1H3,(H3,16,19,20)(H2,17,18,21)/t10-,13-/m0/s1. The SMILES string of the molecule is C[C@H](NC(=O)NC[C@@H]1CCCO1)c1ccc(NC(N)=O)cc1. The zero-order valence-electron chi connectivity index (χ0n) is 12.6. The van der Waals surface area contributed by atoms with E-state index >= 15 is 0 Å². The van der Waals surface area contributed by atoms with Crippen LogP contribution >= 0.6 is 0 Å². The lowest BCUT2D eigenvalue weighted by Gasteiger charge is -2.17. The van der Waals surface area contributed by atoms with E-state index in [1.54, 1.807) is 12.1 Å². The smallest absolute Gasteiger partial charge is 0.316 e. The lowest BCUT2D eigenvalue weighted by atomic mass is 10.1. The minimum absolute atomic E-state index is 0.125. The number of carbonyl (C=O) groups excluding carboxylic acids is 2. The lowest BCUT2D eigenvalue weighted by molar-refractivity contribution is 0.111. The molecule has 7 nitrogen and oxygen atoms in total. The topological polar surface area (TPSA) is 105 Å². The summed E-state index contributed by atoms with van der Waals surface area (Å²) in [6.07, 6.45) is 2.17. The number of urea groups is 2. The van der Waals surface area contributed by atoms with E-state index in [0.29, 0.717) is 12.2 Å². The average molecular weight is 306 g/mol. The van der Waals surface area contributed by atoms with E-state index in [0.717, 1.165) is 25.0 Å². The van der Waals surface area contributed by atoms with Crippen LogP contribution in [0.1, 0.15) is 31.4 Å². The van der Waals surface area contributed by atoms with Gasteiger partial charge in [0.15, 0.2) is 0 Å². The van der Waals surface area contributed by atoms with Crippen molar-refractivity contribution in [3.8, 4) is 0 Å². The van der Waals surface area contributed by atoms with E-state index < -0.39 is 6.03 Å². The van der Waals surface area contributed by atoms with Gasteiger partial charge < -0.3 is 26.4 Å². The zero-order valence-corrected chi connectivity index (χ0v) is 12.6. The van der Waals surface area contributed by atoms with E-state index in [1.807, 2.05) is 19.1 Å². The van der Waals surface area contributed by atoms with Crippen LogP contribution in [0.25, 0.3) is 0 Å². The molecule has 5 N–H and O–H groups in total. The van der Waals surface area contributed by atoms with Crippen molar-refractivity contribution < 1.29 is 14.3 Å². The van der Waals surface area contributed by atoms with E-state index in [2.05, 4.69) is 16.0 Å². The third-order valence-corrected chi connectivity index (χ3v) is 3.54. The van der Waals surface area contributed by atoms with Crippen molar-refractivity contribution in [1.82, 2.24) is 10.6 Å². The predicted molar refractivity (Wildman–Crippen MR) is 83.6 cm³/mol. The molecule has 0 radical (unpaired) electrons. The molecule has 1 heterocycles. The van der Waals surface area contributed by atoms with Crippen molar-refractivity contribution in [2.75, 3.05) is 18.5 Å². The van der Waals surface area contributed by atoms with E-state index in [9.17, 15) is 9.59 Å². The molecule has 4 amide bonds. The first-order valence-corrected chi connectivity index (χ1v) is 7.37. The highest BCUT2D eigenvalue weighted by atomic mass is 16.5. The molecule has 0 spiro atoms. The summed E-state index contributed by atoms with van der Waals surface area (Å²) >= 11 is 0. The van der Waals surface area contributed by atoms with Crippen molar-refractivity contribution in [2.24, 2.45) is 5.73 Å². The van der Waals surface area contributed by atoms with Gasteiger partial charge >= 0.3 is 12.1 Å². The Kier molecular flexibility index (Phi) is 5.60. The molecular formula is C15H22N4O3. The van der Waals surface area contributed by atoms with Crippen LogP contribution in [0.4, 0.5) is 15.3 Å². The summed E-state index contributed by atoms with van der Waals surface area (Å²) in [5, 5.41) is 8.17. The number of benzene rings is 1. The van der Waals surface area contributed by atoms with Crippen LogP contribution < -0.4 is 21.7 Å². The van der Waals surface area contributed by atoms with Gasteiger partial charge in [-0.3, -0.25) is 0 Å². The molecule has 2 atom stereocenters. The Morgan fingerprint density at radius 1 is 1.36 bits per heavy atom. The number of nitrogens with one attached hydrogen (secondary N) is 3. The number of ether oxygens (including phenoxy) is 1. The summed E-state index contributed by atoms with van der Waals surface area (Å²) < 4.78 is 5.45. The Morgan fingerprint density at radius 3 is 2.68 bits per heavy atom. The summed E-state index contributed by atoms with van der Waals surface area (Å²) in [4.78, 5) is 22.6. The fraction of sp³-hybridized carbons (Fsp3) is 0.467. The zero-order chi connectivity index (χ0) is 15.9. The Balaban J connectivity index is 1.78. The molecule has 0 aromatic heterocycles. The molecule has 120 valence electrons. The molecule has 22 heavy (non-hydrogen) atoms. The first-order valence-electron chi connectivity index (χ1n) is 7.37. The summed E-state index contributed by atoms with van der Waals surface area (Å²) in [5.41, 5.74) is 6.60. The molecule has 1 aliphatic rings. The van der Waals surface area contributed by atoms with Crippen LogP contribution in [0, 0.1) is 0 Å². The number of carbonyl (C=O) groups is 2. The second kappa shape index (κ2) is 7.65. The van der Waals surface area contributed by atoms with Crippen molar-refractivity contribution in [1.29, 1.82) is 0 Å². The number of hydrogen-bond acceptors (Lipinski definition) is 3. The molecule has 0 unspecified atom stereocenters. The van der Waals surface area contributed by atoms with Gasteiger partial charge in [-0.2, -0.15) is 0 Å². The van der Waals surface area contributed by atoms with Gasteiger partial charge in [-0.05, 0) is 37.5 Å². The molecule has 0 saturated carbocycles. The Morgan fingerprint density at radius 2 is 2.09 bits per heavy atom. The van der Waals surface area contributed by atoms with Gasteiger partial charge in [-0.15, -0.1) is 0 Å². The molecular weight excluding hydrogens is 284 g/mol. The Labute approximate surface area is 129 Å². The van der Waals surface area contributed by atoms with E-state index in [1.165, 1.54) is 0 Å². The first kappa shape index (κ1) is 16.1. The van der Waals surface area contributed by atoms with Crippen molar-refractivity contribution in [2.45, 2.75) is 31.9 Å². The Hall–Kier alpha value is -2.28. The van der Waals surface area contributed by atoms with Crippen LogP contribution in [0.3, 0.4) is 0 Å². The quantitative estimate of drug-likeness (QED) is 0.665. The van der Waals surface area contributed by atoms with Gasteiger partial charge in [0.2, 0.25) is 0 Å². The van der Waals surface area contributed by atoms with E-state index in [-0.39, 0.29) is 18.2 Å². The minimum atomic E-state index is -0.604. The van der Waals surface area contributed by atoms with Gasteiger partial charge in [0.25, 0.3) is 0 Å². The molecule has 1 aromatic carbocycles. The second-order valence-electron chi connectivity index (χ2n) is 5.32. The van der Waals surface area contributed by atoms with Crippen molar-refractivity contribution >= 4 is 17.7 Å². The van der Waals surface area contributed by atoms with Gasteiger partial charge in [-0.25, -0.2) is 9.59 Å². The summed E-state index contributed by atoms with van der Waals surface area (Å²) in [5.74, 6) is 0. The van der Waals surface area contributed by atoms with Crippen molar-refractivity contribution in [3.63, 3.8) is 0 Å². The molecule has 1 aliphatic heterocycles. The summed E-state index contributed by atoms with van der Waals surface area (Å²) in [6, 6.07) is 6.17. The van der Waals surface area contributed by atoms with Crippen LogP contribution in [0.5, 0.6) is 0 Å². The number of anilines is 1. The Bertz CT molecular complexity index is 512. The summed E-state index contributed by atoms with van der Waals surface area (Å²) in [6.45, 7) is 3.19. The third kappa shape index (κ3) is 4.92. The van der Waals surface area contributed by atoms with E-state index in [4.69, 9.17) is 10.5 Å². The largest absolute Gasteiger partial charge is 0.376 e. The number of primary amides is 1. The number of amides is 4. The molecule has 1 fully saturated rings. The summed E-state index contributed by atoms with van der Waals surface area (Å²) in [7, 11) is 0. The van der Waals surface area contributed by atoms with Crippen LogP contribution in [-0.2, 0) is 4.74 Å². The van der Waals surface area contributed by atoms with Gasteiger partial charge in [-0.1, -0.05) is 12.1 Å². The molecule has 2 rings (SSSR count). The molecule has 1 aromatic rings. The van der Waals surface area contributed by atoms with Gasteiger partial charge in [0, 0.05) is 18.8 Å². The number of nitrogens with two attached hydrogens (primary N) is 1. The minimum Gasteiger partial charge on any atom is -0.376 e. The van der Waals surface area contributed by atoms with Crippen LogP contribution in [0.15, 0.2) is 24.3 Å². The monoisotopic (exact) mass is 306 g/mol.